The van der Waals surface area contributed by atoms with E-state index in [-0.39, 0.29) is 12.0 Å². The van der Waals surface area contributed by atoms with Gasteiger partial charge in [0.15, 0.2) is 0 Å². The lowest BCUT2D eigenvalue weighted by atomic mass is 10.1. The molecule has 1 aliphatic carbocycles. The first-order valence-corrected chi connectivity index (χ1v) is 5.31. The van der Waals surface area contributed by atoms with Crippen molar-refractivity contribution in [2.24, 2.45) is 5.92 Å². The molecule has 3 atom stereocenters. The van der Waals surface area contributed by atoms with Gasteiger partial charge in [-0.1, -0.05) is 0 Å². The predicted molar refractivity (Wildman–Crippen MR) is 51.0 cm³/mol. The molecule has 1 aliphatic heterocycles. The molecule has 2 rings (SSSR count). The van der Waals surface area contributed by atoms with E-state index in [9.17, 15) is 9.90 Å². The van der Waals surface area contributed by atoms with Gasteiger partial charge in [0.2, 0.25) is 0 Å². The van der Waals surface area contributed by atoms with Gasteiger partial charge >= 0.3 is 5.97 Å². The molecule has 0 aromatic heterocycles. The van der Waals surface area contributed by atoms with Crippen molar-refractivity contribution in [3.8, 4) is 0 Å². The fourth-order valence-corrected chi connectivity index (χ4v) is 2.61. The van der Waals surface area contributed by atoms with Crippen LogP contribution in [0.4, 0.5) is 0 Å². The molecule has 0 aromatic rings. The van der Waals surface area contributed by atoms with Crippen molar-refractivity contribution in [1.29, 1.82) is 0 Å². The van der Waals surface area contributed by atoms with Gasteiger partial charge in [0, 0.05) is 19.1 Å². The van der Waals surface area contributed by atoms with Crippen LogP contribution in [0.1, 0.15) is 25.7 Å². The maximum atomic E-state index is 10.8. The third kappa shape index (κ3) is 1.91. The van der Waals surface area contributed by atoms with Gasteiger partial charge in [-0.3, -0.25) is 9.69 Å². The molecule has 0 radical (unpaired) electrons. The smallest absolute Gasteiger partial charge is 0.306 e. The van der Waals surface area contributed by atoms with Crippen LogP contribution in [0.2, 0.25) is 0 Å². The lowest BCUT2D eigenvalue weighted by Gasteiger charge is -2.22. The molecule has 4 nitrogen and oxygen atoms in total. The first kappa shape index (κ1) is 9.93. The van der Waals surface area contributed by atoms with E-state index < -0.39 is 5.97 Å². The normalized spacial score (nSPS) is 39.1. The van der Waals surface area contributed by atoms with Crippen LogP contribution >= 0.6 is 0 Å². The van der Waals surface area contributed by atoms with Crippen molar-refractivity contribution in [2.75, 3.05) is 13.1 Å². The second kappa shape index (κ2) is 3.87. The molecule has 0 bridgehead atoms. The number of hydrogen-bond donors (Lipinski definition) is 2. The minimum absolute atomic E-state index is 0.155. The monoisotopic (exact) mass is 199 g/mol. The van der Waals surface area contributed by atoms with Crippen LogP contribution in [0.25, 0.3) is 0 Å². The number of carboxylic acids is 1. The molecule has 1 saturated carbocycles. The molecule has 3 unspecified atom stereocenters. The van der Waals surface area contributed by atoms with Gasteiger partial charge in [0.05, 0.1) is 12.0 Å². The summed E-state index contributed by atoms with van der Waals surface area (Å²) in [5.74, 6) is -0.815. The number of rotatable bonds is 2. The van der Waals surface area contributed by atoms with E-state index in [0.29, 0.717) is 6.04 Å². The number of β-amino-alcohol motifs (C(OH)–C–C–N with tert-alkyl or cyclic N) is 1. The Bertz CT molecular complexity index is 231. The molecule has 1 saturated heterocycles. The molecule has 0 aromatic carbocycles. The zero-order valence-corrected chi connectivity index (χ0v) is 8.22. The van der Waals surface area contributed by atoms with Crippen molar-refractivity contribution < 1.29 is 15.0 Å². The molecule has 1 heterocycles. The van der Waals surface area contributed by atoms with Gasteiger partial charge in [-0.05, 0) is 25.7 Å². The Balaban J connectivity index is 1.86. The van der Waals surface area contributed by atoms with E-state index in [0.717, 1.165) is 38.8 Å². The summed E-state index contributed by atoms with van der Waals surface area (Å²) in [5.41, 5.74) is 0. The predicted octanol–water partition coefficient (Wildman–Crippen LogP) is 0.306. The molecule has 0 amide bonds. The van der Waals surface area contributed by atoms with Crippen molar-refractivity contribution in [3.05, 3.63) is 0 Å². The first-order chi connectivity index (χ1) is 6.66. The first-order valence-electron chi connectivity index (χ1n) is 5.31. The van der Waals surface area contributed by atoms with Crippen molar-refractivity contribution in [3.63, 3.8) is 0 Å². The number of aliphatic hydroxyl groups is 1. The van der Waals surface area contributed by atoms with E-state index in [1.807, 2.05) is 0 Å². The van der Waals surface area contributed by atoms with E-state index in [1.54, 1.807) is 0 Å². The summed E-state index contributed by atoms with van der Waals surface area (Å²) >= 11 is 0. The third-order valence-electron chi connectivity index (χ3n) is 3.47. The lowest BCUT2D eigenvalue weighted by Crippen LogP contribution is -2.32. The van der Waals surface area contributed by atoms with Gasteiger partial charge in [0.1, 0.15) is 0 Å². The Morgan fingerprint density at radius 3 is 2.57 bits per heavy atom. The Hall–Kier alpha value is -0.610. The quantitative estimate of drug-likeness (QED) is 0.671. The standard InChI is InChI=1S/C10H17NO3/c12-9-3-4-11(6-9)8-2-1-7(5-8)10(13)14/h7-9,12H,1-6H2,(H,13,14). The molecule has 2 N–H and O–H groups in total. The molecular formula is C10H17NO3. The molecule has 2 fully saturated rings. The van der Waals surface area contributed by atoms with Crippen LogP contribution in [0.3, 0.4) is 0 Å². The third-order valence-corrected chi connectivity index (χ3v) is 3.47. The highest BCUT2D eigenvalue weighted by molar-refractivity contribution is 5.70. The molecule has 14 heavy (non-hydrogen) atoms. The maximum absolute atomic E-state index is 10.8. The number of carbonyl (C=O) groups is 1. The Labute approximate surface area is 83.5 Å². The van der Waals surface area contributed by atoms with Crippen molar-refractivity contribution in [2.45, 2.75) is 37.8 Å². The van der Waals surface area contributed by atoms with Gasteiger partial charge in [-0.2, -0.15) is 0 Å². The number of nitrogens with zero attached hydrogens (tertiary/aromatic N) is 1. The van der Waals surface area contributed by atoms with Crippen molar-refractivity contribution in [1.82, 2.24) is 4.90 Å². The molecule has 80 valence electrons. The summed E-state index contributed by atoms with van der Waals surface area (Å²) in [7, 11) is 0. The van der Waals surface area contributed by atoms with Gasteiger partial charge in [-0.25, -0.2) is 0 Å². The average Bonchev–Trinajstić information content (AvgIpc) is 2.70. The topological polar surface area (TPSA) is 60.8 Å². The zero-order valence-electron chi connectivity index (χ0n) is 8.22. The number of likely N-dealkylation sites (tertiary alicyclic amines) is 1. The molecular weight excluding hydrogens is 182 g/mol. The second-order valence-electron chi connectivity index (χ2n) is 4.44. The molecule has 0 spiro atoms. The SMILES string of the molecule is O=C(O)C1CCC(N2CCC(O)C2)C1. The van der Waals surface area contributed by atoms with Crippen LogP contribution in [0, 0.1) is 5.92 Å². The summed E-state index contributed by atoms with van der Waals surface area (Å²) < 4.78 is 0. The van der Waals surface area contributed by atoms with Crippen molar-refractivity contribution >= 4 is 5.97 Å². The zero-order chi connectivity index (χ0) is 10.1. The number of carboxylic acid groups (broad SMARTS) is 1. The average molecular weight is 199 g/mol. The Morgan fingerprint density at radius 1 is 1.29 bits per heavy atom. The summed E-state index contributed by atoms with van der Waals surface area (Å²) in [4.78, 5) is 13.0. The van der Waals surface area contributed by atoms with E-state index in [2.05, 4.69) is 4.90 Å². The fourth-order valence-electron chi connectivity index (χ4n) is 2.61. The summed E-state index contributed by atoms with van der Waals surface area (Å²) in [5, 5.41) is 18.2. The molecule has 4 heteroatoms. The summed E-state index contributed by atoms with van der Waals surface area (Å²) in [6.07, 6.45) is 3.19. The van der Waals surface area contributed by atoms with Gasteiger partial charge < -0.3 is 10.2 Å². The van der Waals surface area contributed by atoms with Crippen LogP contribution < -0.4 is 0 Å². The van der Waals surface area contributed by atoms with Gasteiger partial charge in [-0.15, -0.1) is 0 Å². The van der Waals surface area contributed by atoms with Crippen LogP contribution in [0.15, 0.2) is 0 Å². The van der Waals surface area contributed by atoms with E-state index in [4.69, 9.17) is 5.11 Å². The maximum Gasteiger partial charge on any atom is 0.306 e. The minimum atomic E-state index is -0.660. The van der Waals surface area contributed by atoms with Crippen LogP contribution in [-0.2, 0) is 4.79 Å². The van der Waals surface area contributed by atoms with Crippen LogP contribution in [0.5, 0.6) is 0 Å². The minimum Gasteiger partial charge on any atom is -0.481 e. The highest BCUT2D eigenvalue weighted by Crippen LogP contribution is 2.31. The number of hydrogen-bond acceptors (Lipinski definition) is 3. The Kier molecular flexibility index (Phi) is 2.74. The van der Waals surface area contributed by atoms with Gasteiger partial charge in [0.25, 0.3) is 0 Å². The summed E-state index contributed by atoms with van der Waals surface area (Å²) in [6.45, 7) is 1.66. The second-order valence-corrected chi connectivity index (χ2v) is 4.44. The highest BCUT2D eigenvalue weighted by Gasteiger charge is 2.35. The van der Waals surface area contributed by atoms with E-state index >= 15 is 0 Å². The number of aliphatic carboxylic acids is 1. The fraction of sp³-hybridized carbons (Fsp3) is 0.900. The largest absolute Gasteiger partial charge is 0.481 e. The lowest BCUT2D eigenvalue weighted by molar-refractivity contribution is -0.141. The number of aliphatic hydroxyl groups excluding tert-OH is 1. The summed E-state index contributed by atoms with van der Waals surface area (Å²) in [6, 6.07) is 0.397. The van der Waals surface area contributed by atoms with Crippen LogP contribution in [-0.4, -0.2) is 46.3 Å². The molecule has 2 aliphatic rings. The Morgan fingerprint density at radius 2 is 2.07 bits per heavy atom. The highest BCUT2D eigenvalue weighted by atomic mass is 16.4. The van der Waals surface area contributed by atoms with E-state index in [1.165, 1.54) is 0 Å².